The van der Waals surface area contributed by atoms with E-state index in [4.69, 9.17) is 16.3 Å². The lowest BCUT2D eigenvalue weighted by atomic mass is 10.2. The van der Waals surface area contributed by atoms with Gasteiger partial charge in [-0.15, -0.1) is 0 Å². The van der Waals surface area contributed by atoms with E-state index in [9.17, 15) is 9.59 Å². The number of ether oxygens (including phenoxy) is 1. The Hall–Kier alpha value is -1.82. The predicted molar refractivity (Wildman–Crippen MR) is 83.0 cm³/mol. The molecule has 7 heteroatoms. The quantitative estimate of drug-likeness (QED) is 0.795. The number of halogens is 1. The predicted octanol–water partition coefficient (Wildman–Crippen LogP) is 2.43. The molecule has 0 unspecified atom stereocenters. The van der Waals surface area contributed by atoms with Crippen molar-refractivity contribution < 1.29 is 14.3 Å². The number of pyridine rings is 1. The lowest BCUT2D eigenvalue weighted by Gasteiger charge is -2.35. The number of hydrogen-bond donors (Lipinski definition) is 0. The van der Waals surface area contributed by atoms with Crippen LogP contribution in [0.5, 0.6) is 0 Å². The van der Waals surface area contributed by atoms with Crippen LogP contribution >= 0.6 is 11.6 Å². The van der Waals surface area contributed by atoms with Gasteiger partial charge in [-0.1, -0.05) is 11.6 Å². The van der Waals surface area contributed by atoms with Crippen LogP contribution in [0.15, 0.2) is 18.3 Å². The third kappa shape index (κ3) is 4.34. The lowest BCUT2D eigenvalue weighted by Crippen LogP contribution is -2.51. The minimum Gasteiger partial charge on any atom is -0.444 e. The number of piperazine rings is 1. The van der Waals surface area contributed by atoms with Gasteiger partial charge in [-0.25, -0.2) is 4.79 Å². The first-order valence-electron chi connectivity index (χ1n) is 7.15. The first-order chi connectivity index (χ1) is 10.3. The topological polar surface area (TPSA) is 62.7 Å². The Bertz CT molecular complexity index is 563. The second kappa shape index (κ2) is 6.52. The van der Waals surface area contributed by atoms with Crippen molar-refractivity contribution in [3.8, 4) is 0 Å². The molecular formula is C15H20ClN3O3. The van der Waals surface area contributed by atoms with Crippen molar-refractivity contribution >= 4 is 23.6 Å². The Morgan fingerprint density at radius 1 is 1.18 bits per heavy atom. The van der Waals surface area contributed by atoms with Gasteiger partial charge in [0.25, 0.3) is 5.91 Å². The Kier molecular flexibility index (Phi) is 4.90. The SMILES string of the molecule is CC(C)(C)OC(=O)N1CCN(C(=O)c2cc(Cl)ccn2)CC1. The summed E-state index contributed by atoms with van der Waals surface area (Å²) in [4.78, 5) is 31.6. The van der Waals surface area contributed by atoms with E-state index in [1.807, 2.05) is 20.8 Å². The van der Waals surface area contributed by atoms with Crippen molar-refractivity contribution in [3.63, 3.8) is 0 Å². The third-order valence-corrected chi connectivity index (χ3v) is 3.39. The molecule has 1 aromatic rings. The van der Waals surface area contributed by atoms with Gasteiger partial charge in [0.1, 0.15) is 11.3 Å². The molecule has 2 heterocycles. The van der Waals surface area contributed by atoms with Crippen LogP contribution in [0.25, 0.3) is 0 Å². The van der Waals surface area contributed by atoms with Crippen LogP contribution in [0, 0.1) is 0 Å². The van der Waals surface area contributed by atoms with Gasteiger partial charge in [-0.2, -0.15) is 0 Å². The highest BCUT2D eigenvalue weighted by Gasteiger charge is 2.28. The third-order valence-electron chi connectivity index (χ3n) is 3.16. The van der Waals surface area contributed by atoms with Gasteiger partial charge in [0.05, 0.1) is 0 Å². The number of aromatic nitrogens is 1. The first kappa shape index (κ1) is 16.5. The standard InChI is InChI=1S/C15H20ClN3O3/c1-15(2,3)22-14(21)19-8-6-18(7-9-19)13(20)12-10-11(16)4-5-17-12/h4-5,10H,6-9H2,1-3H3. The lowest BCUT2D eigenvalue weighted by molar-refractivity contribution is 0.0140. The summed E-state index contributed by atoms with van der Waals surface area (Å²) in [5, 5.41) is 0.478. The summed E-state index contributed by atoms with van der Waals surface area (Å²) in [7, 11) is 0. The highest BCUT2D eigenvalue weighted by Crippen LogP contribution is 2.14. The zero-order valence-electron chi connectivity index (χ0n) is 13.0. The average Bonchev–Trinajstić information content (AvgIpc) is 2.45. The molecule has 1 aliphatic heterocycles. The molecule has 1 aromatic heterocycles. The molecule has 6 nitrogen and oxygen atoms in total. The number of hydrogen-bond acceptors (Lipinski definition) is 4. The fraction of sp³-hybridized carbons (Fsp3) is 0.533. The van der Waals surface area contributed by atoms with Crippen LogP contribution in [0.3, 0.4) is 0 Å². The smallest absolute Gasteiger partial charge is 0.410 e. The van der Waals surface area contributed by atoms with Crippen LogP contribution < -0.4 is 0 Å². The maximum Gasteiger partial charge on any atom is 0.410 e. The van der Waals surface area contributed by atoms with Gasteiger partial charge >= 0.3 is 6.09 Å². The minimum absolute atomic E-state index is 0.175. The molecule has 0 spiro atoms. The second-order valence-electron chi connectivity index (χ2n) is 6.12. The van der Waals surface area contributed by atoms with Gasteiger partial charge in [0, 0.05) is 37.4 Å². The number of carbonyl (C=O) groups is 2. The normalized spacial score (nSPS) is 15.6. The molecule has 0 atom stereocenters. The average molecular weight is 326 g/mol. The number of amides is 2. The van der Waals surface area contributed by atoms with Crippen molar-refractivity contribution in [2.24, 2.45) is 0 Å². The summed E-state index contributed by atoms with van der Waals surface area (Å²) in [6, 6.07) is 3.17. The molecule has 22 heavy (non-hydrogen) atoms. The number of rotatable bonds is 1. The summed E-state index contributed by atoms with van der Waals surface area (Å²) in [5.74, 6) is -0.175. The molecule has 2 rings (SSSR count). The van der Waals surface area contributed by atoms with Gasteiger partial charge in [-0.05, 0) is 32.9 Å². The van der Waals surface area contributed by atoms with Gasteiger partial charge in [0.15, 0.2) is 0 Å². The Morgan fingerprint density at radius 2 is 1.77 bits per heavy atom. The minimum atomic E-state index is -0.519. The summed E-state index contributed by atoms with van der Waals surface area (Å²) >= 11 is 5.87. The molecule has 120 valence electrons. The summed E-state index contributed by atoms with van der Waals surface area (Å²) in [6.07, 6.45) is 1.16. The van der Waals surface area contributed by atoms with Crippen molar-refractivity contribution in [2.45, 2.75) is 26.4 Å². The molecule has 1 aliphatic rings. The molecule has 0 saturated carbocycles. The molecule has 0 N–H and O–H groups in total. The van der Waals surface area contributed by atoms with E-state index in [0.29, 0.717) is 36.9 Å². The van der Waals surface area contributed by atoms with E-state index < -0.39 is 5.60 Å². The molecule has 0 bridgehead atoms. The van der Waals surface area contributed by atoms with E-state index >= 15 is 0 Å². The Labute approximate surface area is 135 Å². The monoisotopic (exact) mass is 325 g/mol. The zero-order chi connectivity index (χ0) is 16.3. The Morgan fingerprint density at radius 3 is 2.32 bits per heavy atom. The molecule has 2 amide bonds. The molecule has 0 aromatic carbocycles. The molecule has 0 aliphatic carbocycles. The molecular weight excluding hydrogens is 306 g/mol. The maximum atomic E-state index is 12.3. The number of nitrogens with zero attached hydrogens (tertiary/aromatic N) is 3. The van der Waals surface area contributed by atoms with Gasteiger partial charge in [-0.3, -0.25) is 9.78 Å². The summed E-state index contributed by atoms with van der Waals surface area (Å²) < 4.78 is 5.33. The van der Waals surface area contributed by atoms with Crippen LogP contribution in [-0.2, 0) is 4.74 Å². The van der Waals surface area contributed by atoms with Crippen molar-refractivity contribution in [1.82, 2.24) is 14.8 Å². The van der Waals surface area contributed by atoms with Crippen LogP contribution in [0.4, 0.5) is 4.79 Å². The molecule has 0 radical (unpaired) electrons. The van der Waals surface area contributed by atoms with Crippen LogP contribution in [0.2, 0.25) is 5.02 Å². The summed E-state index contributed by atoms with van der Waals surface area (Å²) in [5.41, 5.74) is -0.201. The number of carbonyl (C=O) groups excluding carboxylic acids is 2. The van der Waals surface area contributed by atoms with Gasteiger partial charge in [0.2, 0.25) is 0 Å². The van der Waals surface area contributed by atoms with E-state index in [2.05, 4.69) is 4.98 Å². The van der Waals surface area contributed by atoms with E-state index in [0.717, 1.165) is 0 Å². The van der Waals surface area contributed by atoms with Crippen LogP contribution in [0.1, 0.15) is 31.3 Å². The van der Waals surface area contributed by atoms with Crippen LogP contribution in [-0.4, -0.2) is 58.6 Å². The Balaban J connectivity index is 1.92. The highest BCUT2D eigenvalue weighted by atomic mass is 35.5. The first-order valence-corrected chi connectivity index (χ1v) is 7.53. The zero-order valence-corrected chi connectivity index (χ0v) is 13.8. The van der Waals surface area contributed by atoms with Gasteiger partial charge < -0.3 is 14.5 Å². The maximum absolute atomic E-state index is 12.3. The van der Waals surface area contributed by atoms with E-state index in [1.165, 1.54) is 6.20 Å². The van der Waals surface area contributed by atoms with Crippen molar-refractivity contribution in [1.29, 1.82) is 0 Å². The van der Waals surface area contributed by atoms with E-state index in [1.54, 1.807) is 21.9 Å². The second-order valence-corrected chi connectivity index (χ2v) is 6.56. The summed E-state index contributed by atoms with van der Waals surface area (Å²) in [6.45, 7) is 7.28. The fourth-order valence-electron chi connectivity index (χ4n) is 2.10. The van der Waals surface area contributed by atoms with E-state index in [-0.39, 0.29) is 12.0 Å². The fourth-order valence-corrected chi connectivity index (χ4v) is 2.26. The highest BCUT2D eigenvalue weighted by molar-refractivity contribution is 6.30. The molecule has 1 fully saturated rings. The van der Waals surface area contributed by atoms with Crippen molar-refractivity contribution in [3.05, 3.63) is 29.0 Å². The largest absolute Gasteiger partial charge is 0.444 e. The van der Waals surface area contributed by atoms with Crippen molar-refractivity contribution in [2.75, 3.05) is 26.2 Å². The molecule has 1 saturated heterocycles.